The molecule has 0 unspecified atom stereocenters. The third-order valence-corrected chi connectivity index (χ3v) is 5.59. The number of ether oxygens (including phenoxy) is 1. The number of hydrogen-bond acceptors (Lipinski definition) is 5. The van der Waals surface area contributed by atoms with Gasteiger partial charge in [-0.1, -0.05) is 12.1 Å². The van der Waals surface area contributed by atoms with Gasteiger partial charge in [-0.15, -0.1) is 0 Å². The van der Waals surface area contributed by atoms with E-state index in [0.29, 0.717) is 0 Å². The molecule has 2 rings (SSSR count). The van der Waals surface area contributed by atoms with Gasteiger partial charge in [-0.2, -0.15) is 13.2 Å². The molecule has 0 radical (unpaired) electrons. The van der Waals surface area contributed by atoms with Crippen LogP contribution in [-0.2, 0) is 19.9 Å². The summed E-state index contributed by atoms with van der Waals surface area (Å²) in [5.41, 5.74) is -0.177. The van der Waals surface area contributed by atoms with Crippen LogP contribution in [-0.4, -0.2) is 35.9 Å². The van der Waals surface area contributed by atoms with Gasteiger partial charge in [-0.25, -0.2) is 16.8 Å². The van der Waals surface area contributed by atoms with Gasteiger partial charge in [0.1, 0.15) is 5.75 Å². The Kier molecular flexibility index (Phi) is 5.52. The molecule has 0 heterocycles. The zero-order valence-corrected chi connectivity index (χ0v) is 15.0. The van der Waals surface area contributed by atoms with Gasteiger partial charge in [0.2, 0.25) is 0 Å². The van der Waals surface area contributed by atoms with Crippen LogP contribution in [0.4, 0.5) is 18.9 Å². The molecule has 11 heteroatoms. The number of para-hydroxylation sites is 2. The summed E-state index contributed by atoms with van der Waals surface area (Å²) in [6.45, 7) is -1.57. The second-order valence-electron chi connectivity index (χ2n) is 5.25. The molecule has 0 aliphatic carbocycles. The zero-order valence-electron chi connectivity index (χ0n) is 13.3. The fraction of sp³-hybridized carbons (Fsp3) is 0.200. The molecule has 0 saturated carbocycles. The highest BCUT2D eigenvalue weighted by Gasteiger charge is 2.29. The minimum atomic E-state index is -4.58. The number of sulfone groups is 1. The first kappa shape index (κ1) is 20.0. The molecule has 0 atom stereocenters. The smallest absolute Gasteiger partial charge is 0.422 e. The average molecular weight is 409 g/mol. The van der Waals surface area contributed by atoms with Crippen molar-refractivity contribution in [1.82, 2.24) is 0 Å². The minimum Gasteiger partial charge on any atom is -0.482 e. The van der Waals surface area contributed by atoms with Crippen molar-refractivity contribution in [2.75, 3.05) is 17.6 Å². The lowest BCUT2D eigenvalue weighted by Gasteiger charge is -2.14. The number of sulfonamides is 1. The van der Waals surface area contributed by atoms with E-state index in [9.17, 15) is 30.0 Å². The molecule has 0 bridgehead atoms. The van der Waals surface area contributed by atoms with Gasteiger partial charge in [-0.3, -0.25) is 4.72 Å². The number of nitrogens with one attached hydrogen (secondary N) is 1. The maximum atomic E-state index is 12.4. The lowest BCUT2D eigenvalue weighted by molar-refractivity contribution is -0.153. The van der Waals surface area contributed by atoms with Crippen molar-refractivity contribution in [2.24, 2.45) is 0 Å². The predicted molar refractivity (Wildman–Crippen MR) is 88.4 cm³/mol. The van der Waals surface area contributed by atoms with Gasteiger partial charge in [0.25, 0.3) is 10.0 Å². The number of alkyl halides is 3. The van der Waals surface area contributed by atoms with Crippen LogP contribution in [0, 0.1) is 0 Å². The number of anilines is 1. The van der Waals surface area contributed by atoms with Crippen molar-refractivity contribution in [3.63, 3.8) is 0 Å². The Hall–Kier alpha value is -2.27. The molecule has 142 valence electrons. The van der Waals surface area contributed by atoms with E-state index in [4.69, 9.17) is 0 Å². The predicted octanol–water partition coefficient (Wildman–Crippen LogP) is 2.83. The van der Waals surface area contributed by atoms with E-state index in [1.807, 2.05) is 0 Å². The molecule has 2 aromatic rings. The van der Waals surface area contributed by atoms with Crippen LogP contribution >= 0.6 is 0 Å². The SMILES string of the molecule is CS(=O)(=O)c1ccc(S(=O)(=O)Nc2ccccc2OCC(F)(F)F)cc1. The summed E-state index contributed by atoms with van der Waals surface area (Å²) in [4.78, 5) is -0.319. The number of halogens is 3. The first-order valence-electron chi connectivity index (χ1n) is 7.00. The maximum absolute atomic E-state index is 12.4. The summed E-state index contributed by atoms with van der Waals surface area (Å²) in [5.74, 6) is -0.291. The highest BCUT2D eigenvalue weighted by atomic mass is 32.2. The second kappa shape index (κ2) is 7.16. The van der Waals surface area contributed by atoms with E-state index >= 15 is 0 Å². The van der Waals surface area contributed by atoms with Gasteiger partial charge in [-0.05, 0) is 36.4 Å². The molecule has 0 aliphatic rings. The fourth-order valence-corrected chi connectivity index (χ4v) is 3.61. The summed E-state index contributed by atoms with van der Waals surface area (Å²) in [7, 11) is -7.65. The van der Waals surface area contributed by atoms with Gasteiger partial charge in [0.15, 0.2) is 16.4 Å². The molecule has 0 amide bonds. The topological polar surface area (TPSA) is 89.5 Å². The second-order valence-corrected chi connectivity index (χ2v) is 8.95. The van der Waals surface area contributed by atoms with Crippen molar-refractivity contribution in [3.05, 3.63) is 48.5 Å². The van der Waals surface area contributed by atoms with E-state index in [0.717, 1.165) is 30.5 Å². The third kappa shape index (κ3) is 5.36. The Morgan fingerprint density at radius 2 is 1.46 bits per heavy atom. The molecule has 1 N–H and O–H groups in total. The molecule has 2 aromatic carbocycles. The molecular weight excluding hydrogens is 395 g/mol. The zero-order chi connectivity index (χ0) is 19.6. The minimum absolute atomic E-state index is 0.0645. The van der Waals surface area contributed by atoms with Crippen LogP contribution in [0.3, 0.4) is 0 Å². The Morgan fingerprint density at radius 3 is 2.00 bits per heavy atom. The summed E-state index contributed by atoms with van der Waals surface area (Å²) in [6.07, 6.45) is -3.60. The maximum Gasteiger partial charge on any atom is 0.422 e. The van der Waals surface area contributed by atoms with E-state index in [1.54, 1.807) is 0 Å². The van der Waals surface area contributed by atoms with Gasteiger partial charge >= 0.3 is 6.18 Å². The van der Waals surface area contributed by atoms with Crippen molar-refractivity contribution < 1.29 is 34.7 Å². The van der Waals surface area contributed by atoms with Crippen LogP contribution in [0.15, 0.2) is 58.3 Å². The fourth-order valence-electron chi connectivity index (χ4n) is 1.91. The summed E-state index contributed by atoms with van der Waals surface area (Å²) < 4.78 is 91.2. The molecule has 0 aliphatic heterocycles. The number of hydrogen-bond donors (Lipinski definition) is 1. The Balaban J connectivity index is 2.27. The highest BCUT2D eigenvalue weighted by molar-refractivity contribution is 7.92. The average Bonchev–Trinajstić information content (AvgIpc) is 2.52. The van der Waals surface area contributed by atoms with Crippen molar-refractivity contribution in [2.45, 2.75) is 16.0 Å². The molecule has 6 nitrogen and oxygen atoms in total. The molecular formula is C15H14F3NO5S2. The van der Waals surface area contributed by atoms with E-state index in [1.165, 1.54) is 24.3 Å². The lowest BCUT2D eigenvalue weighted by Crippen LogP contribution is -2.20. The van der Waals surface area contributed by atoms with Crippen molar-refractivity contribution >= 4 is 25.5 Å². The summed E-state index contributed by atoms with van der Waals surface area (Å²) in [6, 6.07) is 9.65. The van der Waals surface area contributed by atoms with Gasteiger partial charge < -0.3 is 4.74 Å². The first-order chi connectivity index (χ1) is 11.9. The third-order valence-electron chi connectivity index (χ3n) is 3.08. The van der Waals surface area contributed by atoms with Crippen LogP contribution in [0.2, 0.25) is 0 Å². The normalized spacial score (nSPS) is 12.6. The van der Waals surface area contributed by atoms with E-state index in [-0.39, 0.29) is 21.2 Å². The van der Waals surface area contributed by atoms with E-state index in [2.05, 4.69) is 9.46 Å². The number of benzene rings is 2. The largest absolute Gasteiger partial charge is 0.482 e. The van der Waals surface area contributed by atoms with Gasteiger partial charge in [0, 0.05) is 6.26 Å². The number of rotatable bonds is 6. The first-order valence-corrected chi connectivity index (χ1v) is 10.4. The van der Waals surface area contributed by atoms with Crippen LogP contribution in [0.5, 0.6) is 5.75 Å². The van der Waals surface area contributed by atoms with Crippen LogP contribution < -0.4 is 9.46 Å². The molecule has 26 heavy (non-hydrogen) atoms. The molecule has 0 spiro atoms. The molecule has 0 saturated heterocycles. The molecule has 0 aromatic heterocycles. The highest BCUT2D eigenvalue weighted by Crippen LogP contribution is 2.28. The van der Waals surface area contributed by atoms with Crippen molar-refractivity contribution in [1.29, 1.82) is 0 Å². The molecule has 0 fully saturated rings. The van der Waals surface area contributed by atoms with Gasteiger partial charge in [0.05, 0.1) is 15.5 Å². The van der Waals surface area contributed by atoms with Crippen LogP contribution in [0.1, 0.15) is 0 Å². The standard InChI is InChI=1S/C15H14F3NO5S2/c1-25(20,21)11-6-8-12(9-7-11)26(22,23)19-13-4-2-3-5-14(13)24-10-15(16,17)18/h2-9,19H,10H2,1H3. The van der Waals surface area contributed by atoms with Crippen molar-refractivity contribution in [3.8, 4) is 5.75 Å². The summed E-state index contributed by atoms with van der Waals surface area (Å²) >= 11 is 0. The van der Waals surface area contributed by atoms with Crippen LogP contribution in [0.25, 0.3) is 0 Å². The lowest BCUT2D eigenvalue weighted by atomic mass is 10.3. The quantitative estimate of drug-likeness (QED) is 0.793. The van der Waals surface area contributed by atoms with E-state index < -0.39 is 32.6 Å². The Bertz CT molecular complexity index is 985. The monoisotopic (exact) mass is 409 g/mol. The Morgan fingerprint density at radius 1 is 0.923 bits per heavy atom. The summed E-state index contributed by atoms with van der Waals surface area (Å²) in [5, 5.41) is 0. The Labute approximate surface area is 148 Å².